The molecule has 1 aliphatic rings. The van der Waals surface area contributed by atoms with Gasteiger partial charge < -0.3 is 0 Å². The van der Waals surface area contributed by atoms with Gasteiger partial charge in [-0.3, -0.25) is 4.90 Å². The molecule has 1 saturated heterocycles. The Morgan fingerprint density at radius 2 is 1.75 bits per heavy atom. The van der Waals surface area contributed by atoms with E-state index >= 15 is 0 Å². The lowest BCUT2D eigenvalue weighted by molar-refractivity contribution is 0.464. The van der Waals surface area contributed by atoms with Gasteiger partial charge in [0, 0.05) is 25.3 Å². The maximum atomic E-state index is 2.32. The molecule has 0 amide bonds. The van der Waals surface area contributed by atoms with Crippen molar-refractivity contribution in [1.29, 1.82) is 0 Å². The molecule has 0 aliphatic carbocycles. The van der Waals surface area contributed by atoms with E-state index in [9.17, 15) is 0 Å². The first-order valence-electron chi connectivity index (χ1n) is 2.23. The van der Waals surface area contributed by atoms with Crippen molar-refractivity contribution >= 4 is 31.9 Å². The molecule has 0 spiro atoms. The molecule has 45 valence electrons. The van der Waals surface area contributed by atoms with Crippen molar-refractivity contribution in [3.8, 4) is 0 Å². The molecular weight excluding hydrogens is 137 g/mol. The van der Waals surface area contributed by atoms with E-state index in [4.69, 9.17) is 0 Å². The Morgan fingerprint density at radius 3 is 2.00 bits per heavy atom. The number of hydrogen-bond donors (Lipinski definition) is 0. The largest absolute Gasteiger partial charge is 0.288 e. The van der Waals surface area contributed by atoms with Crippen LogP contribution in [0.15, 0.2) is 0 Å². The maximum absolute atomic E-state index is 2.32. The first-order chi connectivity index (χ1) is 3.39. The first kappa shape index (κ1) is 8.72. The summed E-state index contributed by atoms with van der Waals surface area (Å²) < 4.78 is 0. The standard InChI is InChI=1S/C4H9NS2.B/c1-5-2-6-4-7-3-5;/h2-4H2,1H3;. The van der Waals surface area contributed by atoms with E-state index in [2.05, 4.69) is 11.9 Å². The molecule has 0 aromatic carbocycles. The molecule has 1 fully saturated rings. The Labute approximate surface area is 61.2 Å². The molecule has 8 heavy (non-hydrogen) atoms. The van der Waals surface area contributed by atoms with Gasteiger partial charge in [-0.25, -0.2) is 0 Å². The second-order valence-corrected chi connectivity index (χ2v) is 3.92. The van der Waals surface area contributed by atoms with Crippen LogP contribution < -0.4 is 0 Å². The van der Waals surface area contributed by atoms with Crippen molar-refractivity contribution in [1.82, 2.24) is 4.90 Å². The van der Waals surface area contributed by atoms with Gasteiger partial charge in [0.1, 0.15) is 0 Å². The lowest BCUT2D eigenvalue weighted by atomic mass is 10.8. The van der Waals surface area contributed by atoms with Crippen LogP contribution in [0.25, 0.3) is 0 Å². The summed E-state index contributed by atoms with van der Waals surface area (Å²) in [7, 11) is 2.15. The van der Waals surface area contributed by atoms with Crippen LogP contribution in [0.3, 0.4) is 0 Å². The van der Waals surface area contributed by atoms with Crippen molar-refractivity contribution in [3.63, 3.8) is 0 Å². The smallest absolute Gasteiger partial charge is 0.0457 e. The molecule has 0 aromatic heterocycles. The second kappa shape index (κ2) is 4.59. The maximum Gasteiger partial charge on any atom is 0.0457 e. The normalized spacial score (nSPS) is 22.1. The molecule has 3 radical (unpaired) electrons. The van der Waals surface area contributed by atoms with Gasteiger partial charge in [0.05, 0.1) is 0 Å². The van der Waals surface area contributed by atoms with E-state index in [0.29, 0.717) is 0 Å². The second-order valence-electron chi connectivity index (χ2n) is 1.64. The van der Waals surface area contributed by atoms with E-state index < -0.39 is 0 Å². The van der Waals surface area contributed by atoms with Crippen LogP contribution in [0, 0.1) is 0 Å². The highest BCUT2D eigenvalue weighted by Crippen LogP contribution is 2.19. The summed E-state index contributed by atoms with van der Waals surface area (Å²) in [4.78, 5) is 2.32. The topological polar surface area (TPSA) is 3.24 Å². The van der Waals surface area contributed by atoms with Gasteiger partial charge in [0.25, 0.3) is 0 Å². The molecule has 0 bridgehead atoms. The third-order valence-corrected chi connectivity index (χ3v) is 3.37. The van der Waals surface area contributed by atoms with Crippen LogP contribution in [0.4, 0.5) is 0 Å². The Morgan fingerprint density at radius 1 is 1.25 bits per heavy atom. The minimum absolute atomic E-state index is 0. The third kappa shape index (κ3) is 2.90. The number of rotatable bonds is 0. The highest BCUT2D eigenvalue weighted by atomic mass is 32.2. The fourth-order valence-electron chi connectivity index (χ4n) is 0.482. The summed E-state index contributed by atoms with van der Waals surface area (Å²) in [6.07, 6.45) is 0. The molecule has 1 heterocycles. The average Bonchev–Trinajstić information content (AvgIpc) is 1.69. The lowest BCUT2D eigenvalue weighted by Gasteiger charge is -2.19. The van der Waals surface area contributed by atoms with Gasteiger partial charge in [0.2, 0.25) is 0 Å². The lowest BCUT2D eigenvalue weighted by Crippen LogP contribution is -2.20. The Kier molecular flexibility index (Phi) is 5.01. The quantitative estimate of drug-likeness (QED) is 0.467. The summed E-state index contributed by atoms with van der Waals surface area (Å²) in [6, 6.07) is 0. The van der Waals surface area contributed by atoms with Crippen LogP contribution >= 0.6 is 23.5 Å². The van der Waals surface area contributed by atoms with Gasteiger partial charge in [-0.15, -0.1) is 23.5 Å². The van der Waals surface area contributed by atoms with E-state index in [1.165, 1.54) is 16.8 Å². The summed E-state index contributed by atoms with van der Waals surface area (Å²) in [5, 5.41) is 1.28. The molecule has 0 atom stereocenters. The molecule has 4 heteroatoms. The van der Waals surface area contributed by atoms with Crippen LogP contribution in [0.1, 0.15) is 0 Å². The summed E-state index contributed by atoms with van der Waals surface area (Å²) in [5.41, 5.74) is 0. The SMILES string of the molecule is CN1CSCSC1.[B]. The predicted molar refractivity (Wildman–Crippen MR) is 43.3 cm³/mol. The third-order valence-electron chi connectivity index (χ3n) is 0.790. The van der Waals surface area contributed by atoms with Crippen molar-refractivity contribution in [3.05, 3.63) is 0 Å². The van der Waals surface area contributed by atoms with Crippen molar-refractivity contribution in [2.24, 2.45) is 0 Å². The molecule has 0 aromatic rings. The van der Waals surface area contributed by atoms with Gasteiger partial charge in [-0.2, -0.15) is 0 Å². The molecule has 0 unspecified atom stereocenters. The first-order valence-corrected chi connectivity index (χ1v) is 4.54. The monoisotopic (exact) mass is 146 g/mol. The van der Waals surface area contributed by atoms with Crippen LogP contribution in [0.2, 0.25) is 0 Å². The van der Waals surface area contributed by atoms with E-state index in [0.717, 1.165) is 0 Å². The molecule has 0 saturated carbocycles. The predicted octanol–water partition coefficient (Wildman–Crippen LogP) is 0.890. The molecule has 0 N–H and O–H groups in total. The van der Waals surface area contributed by atoms with Crippen LogP contribution in [-0.4, -0.2) is 37.2 Å². The number of hydrogen-bond acceptors (Lipinski definition) is 3. The van der Waals surface area contributed by atoms with Gasteiger partial charge in [-0.05, 0) is 7.05 Å². The summed E-state index contributed by atoms with van der Waals surface area (Å²) in [5.74, 6) is 2.43. The van der Waals surface area contributed by atoms with E-state index in [1.54, 1.807) is 0 Å². The van der Waals surface area contributed by atoms with Gasteiger partial charge in [-0.1, -0.05) is 0 Å². The zero-order valence-corrected chi connectivity index (χ0v) is 6.60. The van der Waals surface area contributed by atoms with Gasteiger partial charge in [0.15, 0.2) is 0 Å². The Bertz CT molecular complexity index is 56.0. The van der Waals surface area contributed by atoms with E-state index in [1.807, 2.05) is 23.5 Å². The van der Waals surface area contributed by atoms with Crippen molar-refractivity contribution in [2.45, 2.75) is 0 Å². The van der Waals surface area contributed by atoms with Gasteiger partial charge >= 0.3 is 0 Å². The van der Waals surface area contributed by atoms with Crippen molar-refractivity contribution in [2.75, 3.05) is 23.9 Å². The number of thioether (sulfide) groups is 2. The summed E-state index contributed by atoms with van der Waals surface area (Å²) >= 11 is 3.98. The zero-order chi connectivity index (χ0) is 5.11. The summed E-state index contributed by atoms with van der Waals surface area (Å²) in [6.45, 7) is 0. The Balaban J connectivity index is 0.000000490. The van der Waals surface area contributed by atoms with E-state index in [-0.39, 0.29) is 8.41 Å². The minimum atomic E-state index is 0. The van der Waals surface area contributed by atoms with Crippen LogP contribution in [-0.2, 0) is 0 Å². The average molecular weight is 146 g/mol. The zero-order valence-electron chi connectivity index (χ0n) is 4.96. The minimum Gasteiger partial charge on any atom is -0.288 e. The highest BCUT2D eigenvalue weighted by molar-refractivity contribution is 8.16. The fraction of sp³-hybridized carbons (Fsp3) is 1.00. The Hall–Kier alpha value is 0.725. The molecule has 1 rings (SSSR count). The molecule has 1 aliphatic heterocycles. The number of nitrogens with zero attached hydrogens (tertiary/aromatic N) is 1. The van der Waals surface area contributed by atoms with Crippen molar-refractivity contribution < 1.29 is 0 Å². The molecular formula is C4H9BNS2. The fourth-order valence-corrected chi connectivity index (χ4v) is 2.47. The van der Waals surface area contributed by atoms with Crippen LogP contribution in [0.5, 0.6) is 0 Å². The highest BCUT2D eigenvalue weighted by Gasteiger charge is 2.02. The molecule has 1 nitrogen and oxygen atoms in total.